The van der Waals surface area contributed by atoms with Crippen molar-refractivity contribution in [3.63, 3.8) is 0 Å². The average molecular weight is 300 g/mol. The normalized spacial score (nSPS) is 10.8. The molecule has 0 fully saturated rings. The van der Waals surface area contributed by atoms with Gasteiger partial charge in [0.2, 0.25) is 0 Å². The standard InChI is InChI=1S/C13H22BrN3/c1-3-8-17(4-2)9-7-16-13-6-5-11(15)10-12(13)14/h5-6,10,16H,3-4,7-9,15H2,1-2H3. The lowest BCUT2D eigenvalue weighted by atomic mass is 10.3. The van der Waals surface area contributed by atoms with E-state index in [-0.39, 0.29) is 0 Å². The Bertz CT molecular complexity index is 341. The predicted molar refractivity (Wildman–Crippen MR) is 79.4 cm³/mol. The minimum atomic E-state index is 0.781. The fourth-order valence-corrected chi connectivity index (χ4v) is 2.30. The van der Waals surface area contributed by atoms with Crippen molar-refractivity contribution in [3.8, 4) is 0 Å². The highest BCUT2D eigenvalue weighted by atomic mass is 79.9. The number of halogens is 1. The van der Waals surface area contributed by atoms with E-state index in [0.29, 0.717) is 0 Å². The molecule has 1 aromatic rings. The van der Waals surface area contributed by atoms with Gasteiger partial charge in [-0.05, 0) is 53.6 Å². The number of nitrogen functional groups attached to an aromatic ring is 1. The number of nitrogens with two attached hydrogens (primary N) is 1. The van der Waals surface area contributed by atoms with Crippen molar-refractivity contribution in [2.45, 2.75) is 20.3 Å². The molecular formula is C13H22BrN3. The van der Waals surface area contributed by atoms with Gasteiger partial charge in [0.15, 0.2) is 0 Å². The fraction of sp³-hybridized carbons (Fsp3) is 0.538. The Balaban J connectivity index is 2.39. The zero-order valence-corrected chi connectivity index (χ0v) is 12.3. The van der Waals surface area contributed by atoms with Crippen LogP contribution in [0.4, 0.5) is 11.4 Å². The predicted octanol–water partition coefficient (Wildman–Crippen LogP) is 3.18. The van der Waals surface area contributed by atoms with Gasteiger partial charge in [-0.25, -0.2) is 0 Å². The van der Waals surface area contributed by atoms with Gasteiger partial charge in [-0.3, -0.25) is 0 Å². The summed E-state index contributed by atoms with van der Waals surface area (Å²) in [5.41, 5.74) is 7.58. The van der Waals surface area contributed by atoms with Crippen LogP contribution in [-0.4, -0.2) is 31.1 Å². The Labute approximate surface area is 113 Å². The Morgan fingerprint density at radius 3 is 2.65 bits per heavy atom. The van der Waals surface area contributed by atoms with Crippen LogP contribution >= 0.6 is 15.9 Å². The van der Waals surface area contributed by atoms with E-state index in [0.717, 1.165) is 35.5 Å². The van der Waals surface area contributed by atoms with Crippen molar-refractivity contribution in [3.05, 3.63) is 22.7 Å². The molecule has 0 saturated heterocycles. The molecule has 17 heavy (non-hydrogen) atoms. The summed E-state index contributed by atoms with van der Waals surface area (Å²) in [4.78, 5) is 2.44. The fourth-order valence-electron chi connectivity index (χ4n) is 1.77. The average Bonchev–Trinajstić information content (AvgIpc) is 2.30. The van der Waals surface area contributed by atoms with Crippen molar-refractivity contribution in [1.82, 2.24) is 4.90 Å². The number of hydrogen-bond acceptors (Lipinski definition) is 3. The first-order valence-corrected chi connectivity index (χ1v) is 6.98. The summed E-state index contributed by atoms with van der Waals surface area (Å²) in [6.07, 6.45) is 1.21. The van der Waals surface area contributed by atoms with Crippen molar-refractivity contribution >= 4 is 27.3 Å². The molecule has 4 heteroatoms. The minimum Gasteiger partial charge on any atom is -0.399 e. The van der Waals surface area contributed by atoms with E-state index in [1.807, 2.05) is 18.2 Å². The first-order valence-electron chi connectivity index (χ1n) is 6.18. The van der Waals surface area contributed by atoms with Gasteiger partial charge in [-0.1, -0.05) is 13.8 Å². The van der Waals surface area contributed by atoms with E-state index in [2.05, 4.69) is 40.0 Å². The lowest BCUT2D eigenvalue weighted by molar-refractivity contribution is 0.300. The number of nitrogens with one attached hydrogen (secondary N) is 1. The molecule has 0 saturated carbocycles. The Kier molecular flexibility index (Phi) is 6.37. The maximum atomic E-state index is 5.70. The highest BCUT2D eigenvalue weighted by Crippen LogP contribution is 2.24. The molecule has 3 nitrogen and oxygen atoms in total. The highest BCUT2D eigenvalue weighted by Gasteiger charge is 2.02. The van der Waals surface area contributed by atoms with E-state index >= 15 is 0 Å². The van der Waals surface area contributed by atoms with Gasteiger partial charge in [0.25, 0.3) is 0 Å². The van der Waals surface area contributed by atoms with Crippen LogP contribution in [0.25, 0.3) is 0 Å². The third kappa shape index (κ3) is 4.96. The molecular weight excluding hydrogens is 278 g/mol. The van der Waals surface area contributed by atoms with Gasteiger partial charge >= 0.3 is 0 Å². The van der Waals surface area contributed by atoms with Gasteiger partial charge in [0, 0.05) is 28.9 Å². The van der Waals surface area contributed by atoms with E-state index in [9.17, 15) is 0 Å². The summed E-state index contributed by atoms with van der Waals surface area (Å²) in [5.74, 6) is 0. The van der Waals surface area contributed by atoms with Crippen LogP contribution in [0.1, 0.15) is 20.3 Å². The topological polar surface area (TPSA) is 41.3 Å². The van der Waals surface area contributed by atoms with Gasteiger partial charge in [-0.2, -0.15) is 0 Å². The summed E-state index contributed by atoms with van der Waals surface area (Å²) in [5, 5.41) is 3.42. The summed E-state index contributed by atoms with van der Waals surface area (Å²) in [6.45, 7) is 8.72. The molecule has 0 aliphatic carbocycles. The molecule has 0 heterocycles. The molecule has 0 aromatic heterocycles. The van der Waals surface area contributed by atoms with E-state index in [1.165, 1.54) is 13.0 Å². The number of rotatable bonds is 7. The molecule has 1 rings (SSSR count). The van der Waals surface area contributed by atoms with Gasteiger partial charge in [0.1, 0.15) is 0 Å². The molecule has 0 atom stereocenters. The second-order valence-electron chi connectivity index (χ2n) is 4.10. The molecule has 96 valence electrons. The summed E-state index contributed by atoms with van der Waals surface area (Å²) in [6, 6.07) is 5.85. The highest BCUT2D eigenvalue weighted by molar-refractivity contribution is 9.10. The Morgan fingerprint density at radius 2 is 2.06 bits per heavy atom. The number of anilines is 2. The second-order valence-corrected chi connectivity index (χ2v) is 4.95. The number of nitrogens with zero attached hydrogens (tertiary/aromatic N) is 1. The minimum absolute atomic E-state index is 0.781. The van der Waals surface area contributed by atoms with Crippen LogP contribution in [-0.2, 0) is 0 Å². The lowest BCUT2D eigenvalue weighted by Gasteiger charge is -2.20. The van der Waals surface area contributed by atoms with Gasteiger partial charge in [-0.15, -0.1) is 0 Å². The number of benzene rings is 1. The second kappa shape index (κ2) is 7.56. The third-order valence-corrected chi connectivity index (χ3v) is 3.38. The maximum absolute atomic E-state index is 5.70. The SMILES string of the molecule is CCCN(CC)CCNc1ccc(N)cc1Br. The van der Waals surface area contributed by atoms with E-state index < -0.39 is 0 Å². The Hall–Kier alpha value is -0.740. The Morgan fingerprint density at radius 1 is 1.29 bits per heavy atom. The first kappa shape index (κ1) is 14.3. The van der Waals surface area contributed by atoms with Crippen molar-refractivity contribution in [2.24, 2.45) is 0 Å². The van der Waals surface area contributed by atoms with E-state index in [1.54, 1.807) is 0 Å². The number of likely N-dealkylation sites (N-methyl/N-ethyl adjacent to an activating group) is 1. The smallest absolute Gasteiger partial charge is 0.0486 e. The van der Waals surface area contributed by atoms with Crippen molar-refractivity contribution < 1.29 is 0 Å². The lowest BCUT2D eigenvalue weighted by Crippen LogP contribution is -2.29. The first-order chi connectivity index (χ1) is 8.17. The zero-order chi connectivity index (χ0) is 12.7. The van der Waals surface area contributed by atoms with Crippen LogP contribution in [0.15, 0.2) is 22.7 Å². The van der Waals surface area contributed by atoms with Crippen molar-refractivity contribution in [1.29, 1.82) is 0 Å². The largest absolute Gasteiger partial charge is 0.399 e. The number of hydrogen-bond donors (Lipinski definition) is 2. The quantitative estimate of drug-likeness (QED) is 0.760. The van der Waals surface area contributed by atoms with Gasteiger partial charge in [0.05, 0.1) is 0 Å². The van der Waals surface area contributed by atoms with Crippen LogP contribution in [0.2, 0.25) is 0 Å². The summed E-state index contributed by atoms with van der Waals surface area (Å²) in [7, 11) is 0. The van der Waals surface area contributed by atoms with Gasteiger partial charge < -0.3 is 16.0 Å². The molecule has 0 amide bonds. The molecule has 0 aliphatic rings. The maximum Gasteiger partial charge on any atom is 0.0486 e. The third-order valence-electron chi connectivity index (χ3n) is 2.72. The molecule has 3 N–H and O–H groups in total. The van der Waals surface area contributed by atoms with Crippen molar-refractivity contribution in [2.75, 3.05) is 37.2 Å². The zero-order valence-electron chi connectivity index (χ0n) is 10.7. The van der Waals surface area contributed by atoms with Crippen LogP contribution in [0.3, 0.4) is 0 Å². The summed E-state index contributed by atoms with van der Waals surface area (Å²) < 4.78 is 1.02. The van der Waals surface area contributed by atoms with Crippen LogP contribution in [0, 0.1) is 0 Å². The molecule has 0 radical (unpaired) electrons. The van der Waals surface area contributed by atoms with E-state index in [4.69, 9.17) is 5.73 Å². The monoisotopic (exact) mass is 299 g/mol. The molecule has 1 aromatic carbocycles. The molecule has 0 unspecified atom stereocenters. The summed E-state index contributed by atoms with van der Waals surface area (Å²) >= 11 is 3.51. The molecule has 0 bridgehead atoms. The van der Waals surface area contributed by atoms with Crippen LogP contribution < -0.4 is 11.1 Å². The van der Waals surface area contributed by atoms with Crippen LogP contribution in [0.5, 0.6) is 0 Å². The molecule has 0 aliphatic heterocycles. The molecule has 0 spiro atoms.